The summed E-state index contributed by atoms with van der Waals surface area (Å²) in [4.78, 5) is 0. The van der Waals surface area contributed by atoms with Crippen molar-refractivity contribution in [3.05, 3.63) is 92.5 Å². The van der Waals surface area contributed by atoms with Gasteiger partial charge in [0.2, 0.25) is 0 Å². The molecule has 0 aromatic heterocycles. The Balaban J connectivity index is 1.71. The third-order valence-corrected chi connectivity index (χ3v) is 6.43. The maximum absolute atomic E-state index is 6.64. The third kappa shape index (κ3) is 6.92. The van der Waals surface area contributed by atoms with Gasteiger partial charge in [0.1, 0.15) is 0 Å². The van der Waals surface area contributed by atoms with Crippen LogP contribution in [0.25, 0.3) is 0 Å². The Morgan fingerprint density at radius 1 is 0.750 bits per heavy atom. The van der Waals surface area contributed by atoms with Crippen LogP contribution in [0.5, 0.6) is 0 Å². The summed E-state index contributed by atoms with van der Waals surface area (Å²) in [5.74, 6) is 13.2. The maximum Gasteiger partial charge on any atom is 0.0604 e. The Morgan fingerprint density at radius 3 is 2.12 bits per heavy atom. The Kier molecular flexibility index (Phi) is 9.28. The van der Waals surface area contributed by atoms with E-state index in [-0.39, 0.29) is 0 Å². The third-order valence-electron chi connectivity index (χ3n) is 5.95. The minimum atomic E-state index is 0.697. The highest BCUT2D eigenvalue weighted by molar-refractivity contribution is 6.32. The lowest BCUT2D eigenvalue weighted by molar-refractivity contribution is 0.746. The second-order valence-corrected chi connectivity index (χ2v) is 8.90. The van der Waals surface area contributed by atoms with Gasteiger partial charge in [0.05, 0.1) is 5.02 Å². The van der Waals surface area contributed by atoms with Gasteiger partial charge in [0.25, 0.3) is 0 Å². The van der Waals surface area contributed by atoms with Gasteiger partial charge < -0.3 is 0 Å². The highest BCUT2D eigenvalue weighted by Gasteiger charge is 2.07. The molecule has 0 radical (unpaired) electrons. The molecule has 0 N–H and O–H groups in total. The standard InChI is InChI=1S/C31H33Cl/c1-4-6-8-25-10-14-27(15-11-25)18-20-29-22-23-30(31(32)24(29)3)21-19-28-16-12-26(13-17-28)9-7-5-2/h10,12-14,16-17,22-23H,4-9,11,15H2,1-3H3. The van der Waals surface area contributed by atoms with Crippen LogP contribution >= 0.6 is 11.6 Å². The average molecular weight is 441 g/mol. The predicted octanol–water partition coefficient (Wildman–Crippen LogP) is 8.58. The van der Waals surface area contributed by atoms with Crippen LogP contribution in [0, 0.1) is 30.6 Å². The van der Waals surface area contributed by atoms with Crippen LogP contribution in [0.15, 0.2) is 59.7 Å². The summed E-state index contributed by atoms with van der Waals surface area (Å²) in [6, 6.07) is 12.6. The van der Waals surface area contributed by atoms with Crippen LogP contribution in [0.1, 0.15) is 86.6 Å². The van der Waals surface area contributed by atoms with E-state index >= 15 is 0 Å². The molecule has 0 heterocycles. The zero-order valence-electron chi connectivity index (χ0n) is 19.7. The maximum atomic E-state index is 6.64. The van der Waals surface area contributed by atoms with Crippen LogP contribution in [-0.4, -0.2) is 0 Å². The lowest BCUT2D eigenvalue weighted by Crippen LogP contribution is -1.93. The first kappa shape index (κ1) is 24.0. The van der Waals surface area contributed by atoms with Gasteiger partial charge >= 0.3 is 0 Å². The molecule has 1 aliphatic carbocycles. The van der Waals surface area contributed by atoms with Gasteiger partial charge in [-0.2, -0.15) is 0 Å². The number of hydrogen-bond acceptors (Lipinski definition) is 0. The van der Waals surface area contributed by atoms with Crippen molar-refractivity contribution in [1.82, 2.24) is 0 Å². The van der Waals surface area contributed by atoms with E-state index in [9.17, 15) is 0 Å². The fourth-order valence-corrected chi connectivity index (χ4v) is 3.95. The van der Waals surface area contributed by atoms with E-state index in [2.05, 4.69) is 73.9 Å². The largest absolute Gasteiger partial charge is 0.0826 e. The van der Waals surface area contributed by atoms with Crippen LogP contribution < -0.4 is 0 Å². The molecule has 3 rings (SSSR count). The first-order valence-corrected chi connectivity index (χ1v) is 12.3. The number of rotatable bonds is 6. The van der Waals surface area contributed by atoms with E-state index in [4.69, 9.17) is 11.6 Å². The molecule has 2 aromatic rings. The van der Waals surface area contributed by atoms with Crippen molar-refractivity contribution < 1.29 is 0 Å². The van der Waals surface area contributed by atoms with Crippen molar-refractivity contribution in [2.75, 3.05) is 0 Å². The lowest BCUT2D eigenvalue weighted by Gasteiger charge is -2.10. The second kappa shape index (κ2) is 12.4. The highest BCUT2D eigenvalue weighted by atomic mass is 35.5. The molecule has 0 saturated carbocycles. The SMILES string of the molecule is CCCCC1=CC=C(C#Cc2ccc(C#Cc3ccc(CCCC)cc3)c(Cl)c2C)CC1. The molecule has 164 valence electrons. The van der Waals surface area contributed by atoms with Crippen LogP contribution in [-0.2, 0) is 6.42 Å². The summed E-state index contributed by atoms with van der Waals surface area (Å²) in [6.45, 7) is 6.49. The molecule has 0 spiro atoms. The van der Waals surface area contributed by atoms with E-state index < -0.39 is 0 Å². The van der Waals surface area contributed by atoms with Gasteiger partial charge in [-0.25, -0.2) is 0 Å². The fourth-order valence-electron chi connectivity index (χ4n) is 3.74. The summed E-state index contributed by atoms with van der Waals surface area (Å²) in [7, 11) is 0. The molecule has 0 saturated heterocycles. The monoisotopic (exact) mass is 440 g/mol. The van der Waals surface area contributed by atoms with Crippen molar-refractivity contribution >= 4 is 11.6 Å². The summed E-state index contributed by atoms with van der Waals surface area (Å²) in [5, 5.41) is 0.697. The van der Waals surface area contributed by atoms with E-state index in [1.54, 1.807) is 5.57 Å². The van der Waals surface area contributed by atoms with Crippen LogP contribution in [0.4, 0.5) is 0 Å². The van der Waals surface area contributed by atoms with Gasteiger partial charge in [-0.05, 0) is 80.8 Å². The molecule has 32 heavy (non-hydrogen) atoms. The molecule has 1 aliphatic rings. The van der Waals surface area contributed by atoms with E-state index in [1.165, 1.54) is 43.2 Å². The molecular formula is C31H33Cl. The summed E-state index contributed by atoms with van der Waals surface area (Å²) in [6.07, 6.45) is 13.9. The smallest absolute Gasteiger partial charge is 0.0604 e. The Hall–Kier alpha value is -2.67. The summed E-state index contributed by atoms with van der Waals surface area (Å²) >= 11 is 6.64. The normalized spacial score (nSPS) is 12.8. The fraction of sp³-hybridized carbons (Fsp3) is 0.355. The van der Waals surface area contributed by atoms with Gasteiger partial charge in [-0.3, -0.25) is 0 Å². The molecule has 2 aromatic carbocycles. The zero-order chi connectivity index (χ0) is 22.8. The summed E-state index contributed by atoms with van der Waals surface area (Å²) < 4.78 is 0. The summed E-state index contributed by atoms with van der Waals surface area (Å²) in [5.41, 5.74) is 7.96. The van der Waals surface area contributed by atoms with E-state index in [0.717, 1.165) is 41.5 Å². The molecule has 0 aliphatic heterocycles. The van der Waals surface area contributed by atoms with Gasteiger partial charge in [-0.15, -0.1) is 0 Å². The zero-order valence-corrected chi connectivity index (χ0v) is 20.4. The lowest BCUT2D eigenvalue weighted by atomic mass is 9.95. The van der Waals surface area contributed by atoms with E-state index in [1.807, 2.05) is 19.1 Å². The first-order valence-electron chi connectivity index (χ1n) is 11.9. The van der Waals surface area contributed by atoms with Gasteiger partial charge in [0, 0.05) is 22.3 Å². The molecule has 0 bridgehead atoms. The van der Waals surface area contributed by atoms with E-state index in [0.29, 0.717) is 5.02 Å². The molecule has 0 atom stereocenters. The second-order valence-electron chi connectivity index (χ2n) is 8.52. The molecule has 0 nitrogen and oxygen atoms in total. The number of hydrogen-bond donors (Lipinski definition) is 0. The first-order chi connectivity index (χ1) is 15.6. The number of unbranched alkanes of at least 4 members (excludes halogenated alkanes) is 2. The number of aryl methyl sites for hydroxylation is 1. The Bertz CT molecular complexity index is 1110. The molecule has 0 unspecified atom stereocenters. The molecule has 0 amide bonds. The predicted molar refractivity (Wildman–Crippen MR) is 139 cm³/mol. The highest BCUT2D eigenvalue weighted by Crippen LogP contribution is 2.25. The Morgan fingerprint density at radius 2 is 1.44 bits per heavy atom. The minimum Gasteiger partial charge on any atom is -0.0826 e. The molecule has 0 fully saturated rings. The number of benzene rings is 2. The van der Waals surface area contributed by atoms with Gasteiger partial charge in [0.15, 0.2) is 0 Å². The van der Waals surface area contributed by atoms with Crippen molar-refractivity contribution in [3.8, 4) is 23.7 Å². The molecule has 1 heteroatoms. The van der Waals surface area contributed by atoms with Crippen molar-refractivity contribution in [2.45, 2.75) is 72.1 Å². The topological polar surface area (TPSA) is 0 Å². The van der Waals surface area contributed by atoms with Crippen molar-refractivity contribution in [1.29, 1.82) is 0 Å². The molecular weight excluding hydrogens is 408 g/mol. The van der Waals surface area contributed by atoms with Gasteiger partial charge in [-0.1, -0.05) is 91.8 Å². The number of halogens is 1. The minimum absolute atomic E-state index is 0.697. The quantitative estimate of drug-likeness (QED) is 0.394. The van der Waals surface area contributed by atoms with Crippen LogP contribution in [0.3, 0.4) is 0 Å². The number of allylic oxidation sites excluding steroid dienone is 4. The van der Waals surface area contributed by atoms with Crippen molar-refractivity contribution in [3.63, 3.8) is 0 Å². The van der Waals surface area contributed by atoms with Crippen molar-refractivity contribution in [2.24, 2.45) is 0 Å². The Labute approximate surface area is 199 Å². The van der Waals surface area contributed by atoms with Crippen LogP contribution in [0.2, 0.25) is 5.02 Å². The average Bonchev–Trinajstić information content (AvgIpc) is 2.83.